The van der Waals surface area contributed by atoms with Gasteiger partial charge in [0.2, 0.25) is 21.8 Å². The van der Waals surface area contributed by atoms with Crippen LogP contribution in [0.3, 0.4) is 0 Å². The molecule has 0 fully saturated rings. The zero-order valence-electron chi connectivity index (χ0n) is 21.3. The first-order valence-corrected chi connectivity index (χ1v) is 13.8. The third-order valence-corrected chi connectivity index (χ3v) is 6.85. The third kappa shape index (κ3) is 8.54. The minimum atomic E-state index is -3.81. The van der Waals surface area contributed by atoms with Crippen LogP contribution in [0.4, 0.5) is 5.69 Å². The molecule has 1 unspecified atom stereocenters. The second kappa shape index (κ2) is 11.9. The molecule has 2 amide bonds. The zero-order valence-corrected chi connectivity index (χ0v) is 22.9. The molecule has 0 bridgehead atoms. The average Bonchev–Trinajstić information content (AvgIpc) is 2.75. The fourth-order valence-electron chi connectivity index (χ4n) is 3.79. The number of halogens is 1. The number of nitrogens with zero attached hydrogens (tertiary/aromatic N) is 2. The van der Waals surface area contributed by atoms with Gasteiger partial charge in [-0.25, -0.2) is 8.42 Å². The summed E-state index contributed by atoms with van der Waals surface area (Å²) in [5.41, 5.74) is 1.54. The molecule has 0 aliphatic heterocycles. The van der Waals surface area contributed by atoms with E-state index in [1.165, 1.54) is 11.0 Å². The van der Waals surface area contributed by atoms with Gasteiger partial charge in [-0.1, -0.05) is 54.9 Å². The number of benzene rings is 2. The molecule has 7 nitrogen and oxygen atoms in total. The molecule has 0 aliphatic rings. The molecule has 0 saturated carbocycles. The first kappa shape index (κ1) is 28.7. The quantitative estimate of drug-likeness (QED) is 0.508. The van der Waals surface area contributed by atoms with Crippen molar-refractivity contribution in [1.82, 2.24) is 10.2 Å². The van der Waals surface area contributed by atoms with Crippen molar-refractivity contribution in [3.05, 3.63) is 64.7 Å². The van der Waals surface area contributed by atoms with Gasteiger partial charge >= 0.3 is 0 Å². The molecule has 2 rings (SSSR count). The highest BCUT2D eigenvalue weighted by Gasteiger charge is 2.33. The molecule has 1 atom stereocenters. The first-order valence-electron chi connectivity index (χ1n) is 11.6. The fraction of sp³-hybridized carbons (Fsp3) is 0.462. The molecule has 0 aromatic heterocycles. The van der Waals surface area contributed by atoms with Crippen molar-refractivity contribution >= 4 is 39.1 Å². The van der Waals surface area contributed by atoms with Crippen LogP contribution in [0, 0.1) is 6.92 Å². The molecule has 0 heterocycles. The monoisotopic (exact) mass is 521 g/mol. The largest absolute Gasteiger partial charge is 0.350 e. The number of carbonyl (C=O) groups excluding carboxylic acids is 2. The number of anilines is 1. The van der Waals surface area contributed by atoms with E-state index in [9.17, 15) is 18.0 Å². The SMILES string of the molecule is CCC(C(=O)NC(C)(C)C)N(CCc1ccccc1)C(=O)CN(c1cc(Cl)ccc1C)S(C)(=O)=O. The van der Waals surface area contributed by atoms with Gasteiger partial charge in [0, 0.05) is 17.1 Å². The number of carbonyl (C=O) groups is 2. The Hall–Kier alpha value is -2.58. The molecule has 1 N–H and O–H groups in total. The highest BCUT2D eigenvalue weighted by molar-refractivity contribution is 7.92. The summed E-state index contributed by atoms with van der Waals surface area (Å²) in [6.45, 7) is 9.06. The summed E-state index contributed by atoms with van der Waals surface area (Å²) in [6.07, 6.45) is 1.97. The highest BCUT2D eigenvalue weighted by atomic mass is 35.5. The lowest BCUT2D eigenvalue weighted by atomic mass is 10.1. The van der Waals surface area contributed by atoms with Gasteiger partial charge in [0.1, 0.15) is 12.6 Å². The standard InChI is InChI=1S/C26H36ClN3O4S/c1-7-22(25(32)28-26(3,4)5)29(16-15-20-11-9-8-10-12-20)24(31)18-30(35(6,33)34)23-17-21(27)14-13-19(23)2/h8-14,17,22H,7,15-16,18H2,1-6H3,(H,28,32). The lowest BCUT2D eigenvalue weighted by Crippen LogP contribution is -2.56. The normalized spacial score (nSPS) is 12.7. The minimum Gasteiger partial charge on any atom is -0.350 e. The number of sulfonamides is 1. The summed E-state index contributed by atoms with van der Waals surface area (Å²) in [7, 11) is -3.81. The van der Waals surface area contributed by atoms with Crippen molar-refractivity contribution in [3.8, 4) is 0 Å². The van der Waals surface area contributed by atoms with Crippen LogP contribution in [0.15, 0.2) is 48.5 Å². The van der Waals surface area contributed by atoms with Crippen LogP contribution in [0.1, 0.15) is 45.2 Å². The van der Waals surface area contributed by atoms with E-state index in [4.69, 9.17) is 11.6 Å². The van der Waals surface area contributed by atoms with Crippen molar-refractivity contribution in [2.45, 2.75) is 59.0 Å². The van der Waals surface area contributed by atoms with Crippen molar-refractivity contribution < 1.29 is 18.0 Å². The first-order chi connectivity index (χ1) is 16.2. The van der Waals surface area contributed by atoms with E-state index in [0.29, 0.717) is 29.1 Å². The van der Waals surface area contributed by atoms with Crippen LogP contribution < -0.4 is 9.62 Å². The Morgan fingerprint density at radius 1 is 1.09 bits per heavy atom. The number of nitrogens with one attached hydrogen (secondary N) is 1. The maximum atomic E-state index is 13.7. The molecule has 0 saturated heterocycles. The minimum absolute atomic E-state index is 0.269. The van der Waals surface area contributed by atoms with Gasteiger partial charge in [0.25, 0.3) is 0 Å². The molecule has 2 aromatic rings. The predicted octanol–water partition coefficient (Wildman–Crippen LogP) is 4.18. The molecular formula is C26H36ClN3O4S. The van der Waals surface area contributed by atoms with Crippen LogP contribution in [0.25, 0.3) is 0 Å². The van der Waals surface area contributed by atoms with Crippen molar-refractivity contribution in [1.29, 1.82) is 0 Å². The van der Waals surface area contributed by atoms with Crippen LogP contribution in [0.5, 0.6) is 0 Å². The molecule has 192 valence electrons. The van der Waals surface area contributed by atoms with Gasteiger partial charge in [-0.3, -0.25) is 13.9 Å². The van der Waals surface area contributed by atoms with Gasteiger partial charge < -0.3 is 10.2 Å². The van der Waals surface area contributed by atoms with E-state index < -0.39 is 34.1 Å². The molecule has 0 spiro atoms. The van der Waals surface area contributed by atoms with Crippen molar-refractivity contribution in [3.63, 3.8) is 0 Å². The maximum Gasteiger partial charge on any atom is 0.244 e. The number of rotatable bonds is 10. The van der Waals surface area contributed by atoms with E-state index in [1.807, 2.05) is 58.0 Å². The maximum absolute atomic E-state index is 13.7. The summed E-state index contributed by atoms with van der Waals surface area (Å²) in [5, 5.41) is 3.32. The molecule has 35 heavy (non-hydrogen) atoms. The molecular weight excluding hydrogens is 486 g/mol. The molecule has 9 heteroatoms. The number of hydrogen-bond acceptors (Lipinski definition) is 4. The molecule has 0 radical (unpaired) electrons. The summed E-state index contributed by atoms with van der Waals surface area (Å²) in [4.78, 5) is 28.3. The van der Waals surface area contributed by atoms with Crippen LogP contribution in [-0.2, 0) is 26.0 Å². The molecule has 0 aliphatic carbocycles. The van der Waals surface area contributed by atoms with Gasteiger partial charge in [-0.15, -0.1) is 0 Å². The fourth-order valence-corrected chi connectivity index (χ4v) is 4.86. The Kier molecular flexibility index (Phi) is 9.75. The summed E-state index contributed by atoms with van der Waals surface area (Å²) >= 11 is 6.13. The summed E-state index contributed by atoms with van der Waals surface area (Å²) < 4.78 is 26.5. The Morgan fingerprint density at radius 2 is 1.71 bits per heavy atom. The topological polar surface area (TPSA) is 86.8 Å². The van der Waals surface area contributed by atoms with Crippen LogP contribution in [0.2, 0.25) is 5.02 Å². The Morgan fingerprint density at radius 3 is 2.26 bits per heavy atom. The smallest absolute Gasteiger partial charge is 0.244 e. The van der Waals surface area contributed by atoms with Crippen molar-refractivity contribution in [2.75, 3.05) is 23.7 Å². The predicted molar refractivity (Wildman–Crippen MR) is 142 cm³/mol. The van der Waals surface area contributed by atoms with E-state index >= 15 is 0 Å². The zero-order chi connectivity index (χ0) is 26.4. The summed E-state index contributed by atoms with van der Waals surface area (Å²) in [5.74, 6) is -0.729. The van der Waals surface area contributed by atoms with Crippen molar-refractivity contribution in [2.24, 2.45) is 0 Å². The number of amides is 2. The average molecular weight is 522 g/mol. The van der Waals surface area contributed by atoms with E-state index in [2.05, 4.69) is 5.32 Å². The third-order valence-electron chi connectivity index (χ3n) is 5.49. The van der Waals surface area contributed by atoms with Gasteiger partial charge in [-0.2, -0.15) is 0 Å². The van der Waals surface area contributed by atoms with Gasteiger partial charge in [-0.05, 0) is 63.8 Å². The second-order valence-corrected chi connectivity index (χ2v) is 12.0. The van der Waals surface area contributed by atoms with Crippen LogP contribution in [-0.4, -0.2) is 56.1 Å². The number of hydrogen-bond donors (Lipinski definition) is 1. The lowest BCUT2D eigenvalue weighted by molar-refractivity contribution is -0.140. The highest BCUT2D eigenvalue weighted by Crippen LogP contribution is 2.26. The van der Waals surface area contributed by atoms with Gasteiger partial charge in [0.05, 0.1) is 11.9 Å². The Bertz CT molecular complexity index is 1130. The Balaban J connectivity index is 2.42. The second-order valence-electron chi connectivity index (χ2n) is 9.69. The number of aryl methyl sites for hydroxylation is 1. The Labute approximate surface area is 214 Å². The lowest BCUT2D eigenvalue weighted by Gasteiger charge is -2.34. The van der Waals surface area contributed by atoms with E-state index in [0.717, 1.165) is 16.1 Å². The van der Waals surface area contributed by atoms with Gasteiger partial charge in [0.15, 0.2) is 0 Å². The van der Waals surface area contributed by atoms with Crippen LogP contribution >= 0.6 is 11.6 Å². The van der Waals surface area contributed by atoms with E-state index in [1.54, 1.807) is 19.1 Å². The summed E-state index contributed by atoms with van der Waals surface area (Å²) in [6, 6.07) is 13.8. The molecule has 2 aromatic carbocycles. The van der Waals surface area contributed by atoms with E-state index in [-0.39, 0.29) is 12.5 Å².